The zero-order chi connectivity index (χ0) is 18.5. The molecule has 134 valence electrons. The molecule has 2 aromatic rings. The summed E-state index contributed by atoms with van der Waals surface area (Å²) < 4.78 is 25.1. The molecule has 1 aromatic carbocycles. The highest BCUT2D eigenvalue weighted by atomic mass is 19.3. The van der Waals surface area contributed by atoms with Crippen molar-refractivity contribution in [3.8, 4) is 6.07 Å². The van der Waals surface area contributed by atoms with Gasteiger partial charge < -0.3 is 4.90 Å². The van der Waals surface area contributed by atoms with Gasteiger partial charge in [-0.15, -0.1) is 10.2 Å². The molecule has 3 rings (SSSR count). The SMILES string of the molecule is N#Cc1ccc(N2CCC(CC(=O)Cc3ccc(C(F)F)cc3)C2)nn1. The lowest BCUT2D eigenvalue weighted by atomic mass is 9.97. The van der Waals surface area contributed by atoms with Crippen LogP contribution in [0.1, 0.15) is 36.1 Å². The van der Waals surface area contributed by atoms with Crippen molar-refractivity contribution in [2.45, 2.75) is 25.7 Å². The Morgan fingerprint density at radius 3 is 2.62 bits per heavy atom. The van der Waals surface area contributed by atoms with Gasteiger partial charge >= 0.3 is 0 Å². The smallest absolute Gasteiger partial charge is 0.263 e. The summed E-state index contributed by atoms with van der Waals surface area (Å²) in [6.07, 6.45) is -0.889. The zero-order valence-corrected chi connectivity index (χ0v) is 14.1. The standard InChI is InChI=1S/C19H18F2N4O/c20-19(21)15-3-1-13(2-4-15)9-17(26)10-14-7-8-25(12-14)18-6-5-16(11-22)23-24-18/h1-6,14,19H,7-10,12H2. The number of rotatable bonds is 6. The molecule has 1 atom stereocenters. The fraction of sp³-hybridized carbons (Fsp3) is 0.368. The summed E-state index contributed by atoms with van der Waals surface area (Å²) in [6, 6.07) is 11.2. The van der Waals surface area contributed by atoms with E-state index in [9.17, 15) is 13.6 Å². The van der Waals surface area contributed by atoms with Crippen LogP contribution >= 0.6 is 0 Å². The quantitative estimate of drug-likeness (QED) is 0.794. The molecule has 1 fully saturated rings. The molecule has 2 heterocycles. The molecule has 0 spiro atoms. The van der Waals surface area contributed by atoms with E-state index in [0.717, 1.165) is 25.1 Å². The average Bonchev–Trinajstić information content (AvgIpc) is 3.10. The van der Waals surface area contributed by atoms with Gasteiger partial charge in [0.2, 0.25) is 0 Å². The lowest BCUT2D eigenvalue weighted by Gasteiger charge is -2.16. The van der Waals surface area contributed by atoms with Crippen LogP contribution in [0.5, 0.6) is 0 Å². The van der Waals surface area contributed by atoms with Gasteiger partial charge in [0, 0.05) is 31.5 Å². The Balaban J connectivity index is 1.51. The van der Waals surface area contributed by atoms with Crippen molar-refractivity contribution >= 4 is 11.6 Å². The van der Waals surface area contributed by atoms with E-state index in [1.165, 1.54) is 12.1 Å². The van der Waals surface area contributed by atoms with Crippen molar-refractivity contribution in [1.29, 1.82) is 5.26 Å². The number of Topliss-reactive ketones (excluding diaryl/α,β-unsaturated/α-hetero) is 1. The van der Waals surface area contributed by atoms with E-state index in [0.29, 0.717) is 12.2 Å². The number of anilines is 1. The number of alkyl halides is 2. The molecule has 1 unspecified atom stereocenters. The minimum Gasteiger partial charge on any atom is -0.355 e. The Kier molecular flexibility index (Phi) is 5.52. The van der Waals surface area contributed by atoms with Crippen LogP contribution in [0.25, 0.3) is 0 Å². The fourth-order valence-corrected chi connectivity index (χ4v) is 3.16. The number of carbonyl (C=O) groups is 1. The van der Waals surface area contributed by atoms with Crippen LogP contribution in [-0.2, 0) is 11.2 Å². The first kappa shape index (κ1) is 17.9. The highest BCUT2D eigenvalue weighted by Crippen LogP contribution is 2.25. The Labute approximate surface area is 150 Å². The van der Waals surface area contributed by atoms with Crippen LogP contribution in [0.3, 0.4) is 0 Å². The lowest BCUT2D eigenvalue weighted by molar-refractivity contribution is -0.119. The van der Waals surface area contributed by atoms with Crippen molar-refractivity contribution in [2.75, 3.05) is 18.0 Å². The summed E-state index contributed by atoms with van der Waals surface area (Å²) in [5.41, 5.74) is 1.00. The van der Waals surface area contributed by atoms with Crippen LogP contribution < -0.4 is 4.90 Å². The van der Waals surface area contributed by atoms with Crippen molar-refractivity contribution in [3.63, 3.8) is 0 Å². The monoisotopic (exact) mass is 356 g/mol. The Morgan fingerprint density at radius 2 is 2.00 bits per heavy atom. The molecule has 1 aliphatic rings. The highest BCUT2D eigenvalue weighted by molar-refractivity contribution is 5.81. The highest BCUT2D eigenvalue weighted by Gasteiger charge is 2.25. The third-order valence-electron chi connectivity index (χ3n) is 4.52. The maximum atomic E-state index is 12.6. The van der Waals surface area contributed by atoms with Crippen LogP contribution in [-0.4, -0.2) is 29.1 Å². The van der Waals surface area contributed by atoms with E-state index in [-0.39, 0.29) is 29.4 Å². The van der Waals surface area contributed by atoms with Crippen molar-refractivity contribution in [1.82, 2.24) is 10.2 Å². The Bertz CT molecular complexity index is 800. The third kappa shape index (κ3) is 4.39. The van der Waals surface area contributed by atoms with E-state index < -0.39 is 6.43 Å². The van der Waals surface area contributed by atoms with Gasteiger partial charge in [-0.25, -0.2) is 8.78 Å². The summed E-state index contributed by atoms with van der Waals surface area (Å²) >= 11 is 0. The van der Waals surface area contributed by atoms with Crippen LogP contribution in [0, 0.1) is 17.2 Å². The predicted octanol–water partition coefficient (Wildman–Crippen LogP) is 3.31. The average molecular weight is 356 g/mol. The van der Waals surface area contributed by atoms with Crippen molar-refractivity contribution < 1.29 is 13.6 Å². The maximum Gasteiger partial charge on any atom is 0.263 e. The molecule has 5 nitrogen and oxygen atoms in total. The Morgan fingerprint density at radius 1 is 1.23 bits per heavy atom. The van der Waals surface area contributed by atoms with Gasteiger partial charge in [0.15, 0.2) is 11.5 Å². The zero-order valence-electron chi connectivity index (χ0n) is 14.1. The van der Waals surface area contributed by atoms with E-state index >= 15 is 0 Å². The first-order valence-corrected chi connectivity index (χ1v) is 8.42. The lowest BCUT2D eigenvalue weighted by Crippen LogP contribution is -2.22. The molecule has 0 bridgehead atoms. The minimum atomic E-state index is -2.49. The van der Waals surface area contributed by atoms with Gasteiger partial charge in [-0.1, -0.05) is 24.3 Å². The first-order valence-electron chi connectivity index (χ1n) is 8.42. The summed E-state index contributed by atoms with van der Waals surface area (Å²) in [7, 11) is 0. The minimum absolute atomic E-state index is 0.0313. The molecule has 1 aromatic heterocycles. The number of hydrogen-bond donors (Lipinski definition) is 0. The second-order valence-corrected chi connectivity index (χ2v) is 6.45. The van der Waals surface area contributed by atoms with Gasteiger partial charge in [0.05, 0.1) is 0 Å². The van der Waals surface area contributed by atoms with Crippen molar-refractivity contribution in [3.05, 3.63) is 53.2 Å². The number of nitriles is 1. The van der Waals surface area contributed by atoms with Crippen LogP contribution in [0.4, 0.5) is 14.6 Å². The molecular weight excluding hydrogens is 338 g/mol. The molecule has 26 heavy (non-hydrogen) atoms. The van der Waals surface area contributed by atoms with E-state index in [2.05, 4.69) is 15.1 Å². The second kappa shape index (κ2) is 8.00. The summed E-state index contributed by atoms with van der Waals surface area (Å²) in [5, 5.41) is 16.6. The number of carbonyl (C=O) groups excluding carboxylic acids is 1. The van der Waals surface area contributed by atoms with E-state index in [4.69, 9.17) is 5.26 Å². The topological polar surface area (TPSA) is 69.9 Å². The third-order valence-corrected chi connectivity index (χ3v) is 4.52. The number of benzene rings is 1. The van der Waals surface area contributed by atoms with Gasteiger partial charge in [-0.3, -0.25) is 4.79 Å². The number of hydrogen-bond acceptors (Lipinski definition) is 5. The molecule has 0 saturated carbocycles. The number of nitrogens with zero attached hydrogens (tertiary/aromatic N) is 4. The number of aromatic nitrogens is 2. The van der Waals surface area contributed by atoms with Gasteiger partial charge in [0.1, 0.15) is 11.9 Å². The number of halogens is 2. The van der Waals surface area contributed by atoms with E-state index in [1.54, 1.807) is 24.3 Å². The number of ketones is 1. The fourth-order valence-electron chi connectivity index (χ4n) is 3.16. The normalized spacial score (nSPS) is 16.7. The van der Waals surface area contributed by atoms with E-state index in [1.807, 2.05) is 6.07 Å². The molecule has 0 radical (unpaired) electrons. The van der Waals surface area contributed by atoms with Gasteiger partial charge in [-0.05, 0) is 30.0 Å². The molecular formula is C19H18F2N4O. The molecule has 0 N–H and O–H groups in total. The molecule has 0 aliphatic carbocycles. The summed E-state index contributed by atoms with van der Waals surface area (Å²) in [6.45, 7) is 1.51. The largest absolute Gasteiger partial charge is 0.355 e. The molecule has 1 saturated heterocycles. The summed E-state index contributed by atoms with van der Waals surface area (Å²) in [4.78, 5) is 14.3. The second-order valence-electron chi connectivity index (χ2n) is 6.45. The summed E-state index contributed by atoms with van der Waals surface area (Å²) in [5.74, 6) is 1.05. The predicted molar refractivity (Wildman–Crippen MR) is 91.8 cm³/mol. The maximum absolute atomic E-state index is 12.6. The van der Waals surface area contributed by atoms with Crippen LogP contribution in [0.15, 0.2) is 36.4 Å². The van der Waals surface area contributed by atoms with Crippen LogP contribution in [0.2, 0.25) is 0 Å². The van der Waals surface area contributed by atoms with Gasteiger partial charge in [0.25, 0.3) is 6.43 Å². The molecule has 0 amide bonds. The molecule has 7 heteroatoms. The first-order chi connectivity index (χ1) is 12.5. The molecule has 1 aliphatic heterocycles. The van der Waals surface area contributed by atoms with Gasteiger partial charge in [-0.2, -0.15) is 5.26 Å². The Hall–Kier alpha value is -2.88. The van der Waals surface area contributed by atoms with Crippen molar-refractivity contribution in [2.24, 2.45) is 5.92 Å².